The Kier molecular flexibility index (Phi) is 8.68. The van der Waals surface area contributed by atoms with E-state index in [1.807, 2.05) is 18.5 Å². The topological polar surface area (TPSA) is 76.4 Å². The van der Waals surface area contributed by atoms with Gasteiger partial charge in [-0.25, -0.2) is 4.99 Å². The second-order valence-corrected chi connectivity index (χ2v) is 7.32. The Hall–Kier alpha value is -1.68. The van der Waals surface area contributed by atoms with E-state index in [9.17, 15) is 0 Å². The van der Waals surface area contributed by atoms with Gasteiger partial charge in [-0.3, -0.25) is 0 Å². The lowest BCUT2D eigenvalue weighted by Crippen LogP contribution is -2.42. The molecule has 0 saturated heterocycles. The standard InChI is InChI=1S/C20H30N6O.HI/c1-16-24-25-18(26(16)2)14-22-19(21-11-12-27-3)23-15-20(9-10-20)13-17-7-5-4-6-8-17;/h4-8H,9-15H2,1-3H3,(H2,21,22,23);1H. The highest BCUT2D eigenvalue weighted by Gasteiger charge is 2.42. The number of nitrogens with zero attached hydrogens (tertiary/aromatic N) is 4. The molecule has 1 fully saturated rings. The maximum atomic E-state index is 5.14. The van der Waals surface area contributed by atoms with Gasteiger partial charge in [-0.1, -0.05) is 30.3 Å². The van der Waals surface area contributed by atoms with Gasteiger partial charge in [0.2, 0.25) is 0 Å². The number of ether oxygens (including phenoxy) is 1. The van der Waals surface area contributed by atoms with Crippen LogP contribution in [0.3, 0.4) is 0 Å². The van der Waals surface area contributed by atoms with Gasteiger partial charge in [-0.2, -0.15) is 0 Å². The van der Waals surface area contributed by atoms with E-state index in [4.69, 9.17) is 9.73 Å². The van der Waals surface area contributed by atoms with Crippen molar-refractivity contribution < 1.29 is 4.74 Å². The molecule has 1 aromatic carbocycles. The number of benzene rings is 1. The molecule has 2 aromatic rings. The number of nitrogens with one attached hydrogen (secondary N) is 2. The monoisotopic (exact) mass is 498 g/mol. The van der Waals surface area contributed by atoms with Crippen molar-refractivity contribution in [2.24, 2.45) is 17.5 Å². The van der Waals surface area contributed by atoms with Crippen LogP contribution >= 0.6 is 24.0 Å². The SMILES string of the molecule is COCCNC(=NCc1nnc(C)n1C)NCC1(Cc2ccccc2)CC1.I. The zero-order valence-corrected chi connectivity index (χ0v) is 19.3. The summed E-state index contributed by atoms with van der Waals surface area (Å²) in [5.41, 5.74) is 1.74. The number of methoxy groups -OCH3 is 1. The molecule has 0 atom stereocenters. The molecular formula is C20H31IN6O. The molecule has 154 valence electrons. The van der Waals surface area contributed by atoms with Gasteiger partial charge in [-0.15, -0.1) is 34.2 Å². The number of aromatic nitrogens is 3. The highest BCUT2D eigenvalue weighted by atomic mass is 127. The summed E-state index contributed by atoms with van der Waals surface area (Å²) >= 11 is 0. The van der Waals surface area contributed by atoms with Crippen molar-refractivity contribution in [3.05, 3.63) is 47.5 Å². The molecule has 1 heterocycles. The van der Waals surface area contributed by atoms with Gasteiger partial charge < -0.3 is 19.9 Å². The summed E-state index contributed by atoms with van der Waals surface area (Å²) in [6, 6.07) is 10.7. The Morgan fingerprint density at radius 2 is 1.96 bits per heavy atom. The van der Waals surface area contributed by atoms with Crippen molar-refractivity contribution in [1.82, 2.24) is 25.4 Å². The molecule has 0 bridgehead atoms. The van der Waals surface area contributed by atoms with Gasteiger partial charge in [0.05, 0.1) is 6.61 Å². The molecule has 1 aliphatic rings. The van der Waals surface area contributed by atoms with E-state index in [-0.39, 0.29) is 24.0 Å². The molecule has 2 N–H and O–H groups in total. The van der Waals surface area contributed by atoms with Gasteiger partial charge >= 0.3 is 0 Å². The third-order valence-electron chi connectivity index (χ3n) is 5.17. The average Bonchev–Trinajstić information content (AvgIpc) is 3.37. The van der Waals surface area contributed by atoms with Crippen LogP contribution < -0.4 is 10.6 Å². The Balaban J connectivity index is 0.00000280. The number of rotatable bonds is 9. The number of hydrogen-bond donors (Lipinski definition) is 2. The molecule has 1 aromatic heterocycles. The highest BCUT2D eigenvalue weighted by molar-refractivity contribution is 14.0. The lowest BCUT2D eigenvalue weighted by atomic mass is 9.96. The van der Waals surface area contributed by atoms with Crippen LogP contribution in [0.15, 0.2) is 35.3 Å². The second-order valence-electron chi connectivity index (χ2n) is 7.32. The van der Waals surface area contributed by atoms with E-state index >= 15 is 0 Å². The van der Waals surface area contributed by atoms with E-state index in [0.29, 0.717) is 25.1 Å². The van der Waals surface area contributed by atoms with E-state index in [1.54, 1.807) is 7.11 Å². The first-order valence-electron chi connectivity index (χ1n) is 9.52. The normalized spacial score (nSPS) is 15.0. The summed E-state index contributed by atoms with van der Waals surface area (Å²) in [5, 5.41) is 15.1. The first kappa shape index (κ1) is 22.6. The summed E-state index contributed by atoms with van der Waals surface area (Å²) < 4.78 is 7.11. The second kappa shape index (κ2) is 10.8. The number of guanidine groups is 1. The summed E-state index contributed by atoms with van der Waals surface area (Å²) in [6.45, 7) is 4.70. The number of hydrogen-bond acceptors (Lipinski definition) is 4. The first-order valence-corrected chi connectivity index (χ1v) is 9.52. The molecule has 28 heavy (non-hydrogen) atoms. The Labute approximate surface area is 184 Å². The summed E-state index contributed by atoms with van der Waals surface area (Å²) in [5.74, 6) is 2.54. The zero-order valence-electron chi connectivity index (χ0n) is 16.9. The molecular weight excluding hydrogens is 467 g/mol. The number of aliphatic imine (C=N–C) groups is 1. The van der Waals surface area contributed by atoms with Crippen LogP contribution in [-0.4, -0.2) is 47.5 Å². The molecule has 0 spiro atoms. The average molecular weight is 498 g/mol. The predicted molar refractivity (Wildman–Crippen MR) is 122 cm³/mol. The quantitative estimate of drug-likeness (QED) is 0.241. The van der Waals surface area contributed by atoms with Crippen molar-refractivity contribution in [2.75, 3.05) is 26.8 Å². The van der Waals surface area contributed by atoms with E-state index < -0.39 is 0 Å². The van der Waals surface area contributed by atoms with Gasteiger partial charge in [0.25, 0.3) is 0 Å². The van der Waals surface area contributed by atoms with Gasteiger partial charge in [-0.05, 0) is 37.2 Å². The van der Waals surface area contributed by atoms with Crippen LogP contribution in [0.5, 0.6) is 0 Å². The zero-order chi connectivity index (χ0) is 19.1. The molecule has 8 heteroatoms. The van der Waals surface area contributed by atoms with Crippen molar-refractivity contribution in [1.29, 1.82) is 0 Å². The van der Waals surface area contributed by atoms with Crippen LogP contribution in [0.4, 0.5) is 0 Å². The van der Waals surface area contributed by atoms with E-state index in [2.05, 4.69) is 51.2 Å². The minimum Gasteiger partial charge on any atom is -0.383 e. The fourth-order valence-electron chi connectivity index (χ4n) is 3.08. The molecule has 0 aliphatic heterocycles. The number of aryl methyl sites for hydroxylation is 1. The van der Waals surface area contributed by atoms with Gasteiger partial charge in [0.15, 0.2) is 11.8 Å². The predicted octanol–water partition coefficient (Wildman–Crippen LogP) is 2.45. The molecule has 1 aliphatic carbocycles. The molecule has 3 rings (SSSR count). The Morgan fingerprint density at radius 1 is 1.21 bits per heavy atom. The van der Waals surface area contributed by atoms with Crippen molar-refractivity contribution in [3.8, 4) is 0 Å². The summed E-state index contributed by atoms with van der Waals surface area (Å²) in [7, 11) is 3.66. The minimum atomic E-state index is 0. The van der Waals surface area contributed by atoms with Crippen LogP contribution in [0.25, 0.3) is 0 Å². The van der Waals surface area contributed by atoms with Crippen LogP contribution in [-0.2, 0) is 24.8 Å². The molecule has 0 unspecified atom stereocenters. The number of halogens is 1. The van der Waals surface area contributed by atoms with Crippen LogP contribution in [0, 0.1) is 12.3 Å². The van der Waals surface area contributed by atoms with E-state index in [0.717, 1.165) is 30.6 Å². The lowest BCUT2D eigenvalue weighted by Gasteiger charge is -2.19. The van der Waals surface area contributed by atoms with E-state index in [1.165, 1.54) is 18.4 Å². The summed E-state index contributed by atoms with van der Waals surface area (Å²) in [4.78, 5) is 4.69. The smallest absolute Gasteiger partial charge is 0.191 e. The lowest BCUT2D eigenvalue weighted by molar-refractivity contribution is 0.203. The van der Waals surface area contributed by atoms with Crippen LogP contribution in [0.2, 0.25) is 0 Å². The maximum absolute atomic E-state index is 5.14. The van der Waals surface area contributed by atoms with Crippen LogP contribution in [0.1, 0.15) is 30.1 Å². The van der Waals surface area contributed by atoms with Crippen molar-refractivity contribution in [2.45, 2.75) is 32.7 Å². The Bertz CT molecular complexity index is 757. The summed E-state index contributed by atoms with van der Waals surface area (Å²) in [6.07, 6.45) is 3.61. The largest absolute Gasteiger partial charge is 0.383 e. The third-order valence-corrected chi connectivity index (χ3v) is 5.17. The van der Waals surface area contributed by atoms with Gasteiger partial charge in [0, 0.05) is 27.2 Å². The molecule has 7 nitrogen and oxygen atoms in total. The minimum absolute atomic E-state index is 0. The maximum Gasteiger partial charge on any atom is 0.191 e. The third kappa shape index (κ3) is 6.44. The van der Waals surface area contributed by atoms with Crippen molar-refractivity contribution >= 4 is 29.9 Å². The fraction of sp³-hybridized carbons (Fsp3) is 0.550. The highest BCUT2D eigenvalue weighted by Crippen LogP contribution is 2.47. The molecule has 0 radical (unpaired) electrons. The van der Waals surface area contributed by atoms with Crippen molar-refractivity contribution in [3.63, 3.8) is 0 Å². The Morgan fingerprint density at radius 3 is 2.57 bits per heavy atom. The van der Waals surface area contributed by atoms with Gasteiger partial charge in [0.1, 0.15) is 12.4 Å². The molecule has 0 amide bonds. The fourth-order valence-corrected chi connectivity index (χ4v) is 3.08. The first-order chi connectivity index (χ1) is 13.1. The molecule has 1 saturated carbocycles.